The molecule has 1 aliphatic carbocycles. The number of fused-ring (bicyclic) bond motifs is 1. The van der Waals surface area contributed by atoms with Gasteiger partial charge in [0, 0.05) is 18.8 Å². The summed E-state index contributed by atoms with van der Waals surface area (Å²) in [5.74, 6) is 0.614. The van der Waals surface area contributed by atoms with Crippen LogP contribution >= 0.6 is 0 Å². The van der Waals surface area contributed by atoms with Gasteiger partial charge < -0.3 is 10.6 Å². The van der Waals surface area contributed by atoms with E-state index < -0.39 is 0 Å². The molecule has 3 rings (SSSR count). The van der Waals surface area contributed by atoms with Crippen LogP contribution in [0.1, 0.15) is 36.3 Å². The Morgan fingerprint density at radius 2 is 2.06 bits per heavy atom. The fraction of sp³-hybridized carbons (Fsp3) is 0.571. The van der Waals surface area contributed by atoms with Crippen LogP contribution in [0.4, 0.5) is 5.69 Å². The average molecular weight is 216 g/mol. The molecule has 0 spiro atoms. The summed E-state index contributed by atoms with van der Waals surface area (Å²) in [5, 5.41) is 0. The lowest BCUT2D eigenvalue weighted by atomic mass is 10.0. The molecular formula is C14H20N2. The zero-order valence-electron chi connectivity index (χ0n) is 9.78. The molecule has 86 valence electrons. The summed E-state index contributed by atoms with van der Waals surface area (Å²) in [6.45, 7) is 3.27. The van der Waals surface area contributed by atoms with Gasteiger partial charge in [0.15, 0.2) is 0 Å². The van der Waals surface area contributed by atoms with Gasteiger partial charge in [0.05, 0.1) is 0 Å². The normalized spacial score (nSPS) is 23.8. The van der Waals surface area contributed by atoms with Crippen LogP contribution in [0.25, 0.3) is 0 Å². The molecule has 0 amide bonds. The summed E-state index contributed by atoms with van der Waals surface area (Å²) in [7, 11) is 0. The van der Waals surface area contributed by atoms with Crippen molar-refractivity contribution in [2.45, 2.75) is 31.6 Å². The lowest BCUT2D eigenvalue weighted by Crippen LogP contribution is -2.17. The standard InChI is InChI=1S/C14H20N2/c15-10-12-4-3-11-9-13(5-6-14(11)12)16-7-1-2-8-16/h5-6,9,12H,1-4,7-8,10,15H2. The first-order chi connectivity index (χ1) is 7.88. The third-order valence-corrected chi connectivity index (χ3v) is 4.08. The first-order valence-corrected chi connectivity index (χ1v) is 6.46. The van der Waals surface area contributed by atoms with Crippen molar-refractivity contribution < 1.29 is 0 Å². The van der Waals surface area contributed by atoms with E-state index >= 15 is 0 Å². The van der Waals surface area contributed by atoms with Crippen molar-refractivity contribution in [3.8, 4) is 0 Å². The van der Waals surface area contributed by atoms with Crippen LogP contribution in [-0.2, 0) is 6.42 Å². The van der Waals surface area contributed by atoms with Gasteiger partial charge >= 0.3 is 0 Å². The SMILES string of the molecule is NCC1CCc2cc(N3CCCC3)ccc21. The van der Waals surface area contributed by atoms with Gasteiger partial charge in [-0.25, -0.2) is 0 Å². The highest BCUT2D eigenvalue weighted by atomic mass is 15.1. The molecule has 1 heterocycles. The van der Waals surface area contributed by atoms with Crippen LogP contribution in [0.15, 0.2) is 18.2 Å². The van der Waals surface area contributed by atoms with Gasteiger partial charge in [0.25, 0.3) is 0 Å². The van der Waals surface area contributed by atoms with Crippen molar-refractivity contribution in [1.82, 2.24) is 0 Å². The molecular weight excluding hydrogens is 196 g/mol. The molecule has 1 aromatic carbocycles. The van der Waals surface area contributed by atoms with E-state index in [1.165, 1.54) is 50.0 Å². The van der Waals surface area contributed by atoms with Crippen molar-refractivity contribution in [1.29, 1.82) is 0 Å². The van der Waals surface area contributed by atoms with Crippen molar-refractivity contribution in [3.63, 3.8) is 0 Å². The molecule has 2 N–H and O–H groups in total. The molecule has 1 saturated heterocycles. The van der Waals surface area contributed by atoms with Crippen molar-refractivity contribution >= 4 is 5.69 Å². The molecule has 0 radical (unpaired) electrons. The number of anilines is 1. The maximum absolute atomic E-state index is 5.80. The highest BCUT2D eigenvalue weighted by Crippen LogP contribution is 2.35. The molecule has 0 aromatic heterocycles. The van der Waals surface area contributed by atoms with E-state index in [-0.39, 0.29) is 0 Å². The number of nitrogens with zero attached hydrogens (tertiary/aromatic N) is 1. The van der Waals surface area contributed by atoms with Gasteiger partial charge in [-0.3, -0.25) is 0 Å². The monoisotopic (exact) mass is 216 g/mol. The second-order valence-electron chi connectivity index (χ2n) is 5.05. The first-order valence-electron chi connectivity index (χ1n) is 6.46. The van der Waals surface area contributed by atoms with Crippen LogP contribution in [0.2, 0.25) is 0 Å². The minimum Gasteiger partial charge on any atom is -0.372 e. The van der Waals surface area contributed by atoms with Crippen LogP contribution in [-0.4, -0.2) is 19.6 Å². The number of aryl methyl sites for hydroxylation is 1. The van der Waals surface area contributed by atoms with Crippen LogP contribution < -0.4 is 10.6 Å². The maximum Gasteiger partial charge on any atom is 0.0369 e. The Labute approximate surface area is 97.4 Å². The molecule has 0 saturated carbocycles. The Bertz CT molecular complexity index is 380. The van der Waals surface area contributed by atoms with Crippen molar-refractivity contribution in [2.75, 3.05) is 24.5 Å². The van der Waals surface area contributed by atoms with E-state index in [1.54, 1.807) is 5.56 Å². The Kier molecular flexibility index (Phi) is 2.60. The molecule has 1 atom stereocenters. The predicted molar refractivity (Wildman–Crippen MR) is 68.0 cm³/mol. The van der Waals surface area contributed by atoms with E-state index in [4.69, 9.17) is 5.73 Å². The van der Waals surface area contributed by atoms with Gasteiger partial charge in [-0.15, -0.1) is 0 Å². The second kappa shape index (κ2) is 4.10. The molecule has 2 heteroatoms. The van der Waals surface area contributed by atoms with E-state index in [9.17, 15) is 0 Å². The van der Waals surface area contributed by atoms with Gasteiger partial charge in [0.1, 0.15) is 0 Å². The second-order valence-corrected chi connectivity index (χ2v) is 5.05. The summed E-state index contributed by atoms with van der Waals surface area (Å²) in [6, 6.07) is 7.00. The fourth-order valence-corrected chi connectivity index (χ4v) is 3.11. The van der Waals surface area contributed by atoms with Crippen LogP contribution in [0.5, 0.6) is 0 Å². The van der Waals surface area contributed by atoms with Crippen molar-refractivity contribution in [3.05, 3.63) is 29.3 Å². The lowest BCUT2D eigenvalue weighted by Gasteiger charge is -2.19. The Morgan fingerprint density at radius 1 is 1.25 bits per heavy atom. The van der Waals surface area contributed by atoms with E-state index in [1.807, 2.05) is 0 Å². The Hall–Kier alpha value is -1.02. The van der Waals surface area contributed by atoms with Crippen LogP contribution in [0.3, 0.4) is 0 Å². The summed E-state index contributed by atoms with van der Waals surface area (Å²) in [4.78, 5) is 2.51. The summed E-state index contributed by atoms with van der Waals surface area (Å²) >= 11 is 0. The number of rotatable bonds is 2. The predicted octanol–water partition coefficient (Wildman–Crippen LogP) is 2.28. The first kappa shape index (κ1) is 10.2. The smallest absolute Gasteiger partial charge is 0.0369 e. The third kappa shape index (κ3) is 1.61. The van der Waals surface area contributed by atoms with Crippen molar-refractivity contribution in [2.24, 2.45) is 5.73 Å². The van der Waals surface area contributed by atoms with E-state index in [0.29, 0.717) is 5.92 Å². The number of nitrogens with two attached hydrogens (primary N) is 1. The summed E-state index contributed by atoms with van der Waals surface area (Å²) in [5.41, 5.74) is 10.3. The zero-order chi connectivity index (χ0) is 11.0. The van der Waals surface area contributed by atoms with Gasteiger partial charge in [-0.1, -0.05) is 6.07 Å². The molecule has 0 bridgehead atoms. The highest BCUT2D eigenvalue weighted by Gasteiger charge is 2.22. The average Bonchev–Trinajstić information content (AvgIpc) is 2.97. The largest absolute Gasteiger partial charge is 0.372 e. The fourth-order valence-electron chi connectivity index (χ4n) is 3.11. The maximum atomic E-state index is 5.80. The molecule has 2 nitrogen and oxygen atoms in total. The zero-order valence-corrected chi connectivity index (χ0v) is 9.78. The van der Waals surface area contributed by atoms with Gasteiger partial charge in [-0.2, -0.15) is 0 Å². The molecule has 1 fully saturated rings. The number of hydrogen-bond donors (Lipinski definition) is 1. The van der Waals surface area contributed by atoms with Crippen LogP contribution in [0, 0.1) is 0 Å². The van der Waals surface area contributed by atoms with E-state index in [0.717, 1.165) is 6.54 Å². The van der Waals surface area contributed by atoms with Gasteiger partial charge in [0.2, 0.25) is 0 Å². The molecule has 1 unspecified atom stereocenters. The molecule has 2 aliphatic rings. The quantitative estimate of drug-likeness (QED) is 0.821. The minimum absolute atomic E-state index is 0.614. The van der Waals surface area contributed by atoms with Gasteiger partial charge in [-0.05, 0) is 61.4 Å². The molecule has 1 aliphatic heterocycles. The number of benzene rings is 1. The number of hydrogen-bond acceptors (Lipinski definition) is 2. The Morgan fingerprint density at radius 3 is 2.81 bits per heavy atom. The topological polar surface area (TPSA) is 29.3 Å². The minimum atomic E-state index is 0.614. The molecule has 16 heavy (non-hydrogen) atoms. The third-order valence-electron chi connectivity index (χ3n) is 4.08. The summed E-state index contributed by atoms with van der Waals surface area (Å²) < 4.78 is 0. The Balaban J connectivity index is 1.88. The summed E-state index contributed by atoms with van der Waals surface area (Å²) in [6.07, 6.45) is 5.17. The lowest BCUT2D eigenvalue weighted by molar-refractivity contribution is 0.688. The highest BCUT2D eigenvalue weighted by molar-refractivity contribution is 5.53. The van der Waals surface area contributed by atoms with E-state index in [2.05, 4.69) is 23.1 Å². The molecule has 1 aromatic rings.